The van der Waals surface area contributed by atoms with Gasteiger partial charge in [0.1, 0.15) is 0 Å². The zero-order chi connectivity index (χ0) is 16.3. The van der Waals surface area contributed by atoms with E-state index in [0.717, 1.165) is 5.56 Å². The zero-order valence-corrected chi connectivity index (χ0v) is 13.5. The first-order valence-corrected chi connectivity index (χ1v) is 7.46. The molecule has 3 N–H and O–H groups in total. The van der Waals surface area contributed by atoms with Gasteiger partial charge in [0.2, 0.25) is 5.95 Å². The van der Waals surface area contributed by atoms with Gasteiger partial charge in [0.05, 0.1) is 17.0 Å². The number of carbonyl (C=O) groups is 1. The number of hydrogen-bond acceptors (Lipinski definition) is 4. The highest BCUT2D eigenvalue weighted by atomic mass is 16.1. The number of hydrogen-bond donors (Lipinski definition) is 2. The number of nitrogens with zero attached hydrogens (tertiary/aromatic N) is 2. The van der Waals surface area contributed by atoms with E-state index in [4.69, 9.17) is 5.73 Å². The Balaban J connectivity index is 2.55. The van der Waals surface area contributed by atoms with Gasteiger partial charge in [0.15, 0.2) is 0 Å². The van der Waals surface area contributed by atoms with Crippen molar-refractivity contribution in [1.82, 2.24) is 15.3 Å². The van der Waals surface area contributed by atoms with Crippen LogP contribution in [0.2, 0.25) is 0 Å². The van der Waals surface area contributed by atoms with Crippen LogP contribution in [0, 0.1) is 6.92 Å². The second-order valence-electron chi connectivity index (χ2n) is 5.53. The predicted octanol–water partition coefficient (Wildman–Crippen LogP) is 2.91. The predicted molar refractivity (Wildman–Crippen MR) is 88.7 cm³/mol. The molecule has 2 aromatic rings. The van der Waals surface area contributed by atoms with Gasteiger partial charge in [-0.2, -0.15) is 0 Å². The van der Waals surface area contributed by atoms with E-state index in [1.165, 1.54) is 5.56 Å². The quantitative estimate of drug-likeness (QED) is 0.909. The van der Waals surface area contributed by atoms with Crippen molar-refractivity contribution in [1.29, 1.82) is 0 Å². The molecule has 0 aliphatic rings. The highest BCUT2D eigenvalue weighted by molar-refractivity contribution is 6.01. The first-order valence-electron chi connectivity index (χ1n) is 7.46. The molecule has 0 atom stereocenters. The minimum atomic E-state index is -0.178. The van der Waals surface area contributed by atoms with Gasteiger partial charge < -0.3 is 11.1 Å². The van der Waals surface area contributed by atoms with Crippen LogP contribution in [-0.2, 0) is 0 Å². The molecule has 5 heteroatoms. The summed E-state index contributed by atoms with van der Waals surface area (Å²) in [4.78, 5) is 20.7. The van der Waals surface area contributed by atoms with Crippen LogP contribution in [0.1, 0.15) is 48.3 Å². The van der Waals surface area contributed by atoms with Crippen LogP contribution in [0.4, 0.5) is 5.95 Å². The van der Waals surface area contributed by atoms with Gasteiger partial charge in [-0.3, -0.25) is 4.79 Å². The van der Waals surface area contributed by atoms with Crippen molar-refractivity contribution in [3.8, 4) is 11.3 Å². The highest BCUT2D eigenvalue weighted by Crippen LogP contribution is 2.26. The number of rotatable bonds is 4. The minimum Gasteiger partial charge on any atom is -0.368 e. The number of aromatic nitrogens is 2. The SMILES string of the molecule is CCNC(=O)c1c(C)nc(N)nc1-c1ccc(C(C)C)cc1. The van der Waals surface area contributed by atoms with Crippen molar-refractivity contribution >= 4 is 11.9 Å². The number of nitrogens with one attached hydrogen (secondary N) is 1. The molecular weight excluding hydrogens is 276 g/mol. The Kier molecular flexibility index (Phi) is 4.75. The maximum absolute atomic E-state index is 12.3. The summed E-state index contributed by atoms with van der Waals surface area (Å²) >= 11 is 0. The van der Waals surface area contributed by atoms with Gasteiger partial charge in [-0.05, 0) is 25.3 Å². The third kappa shape index (κ3) is 3.24. The molecule has 5 nitrogen and oxygen atoms in total. The fraction of sp³-hybridized carbons (Fsp3) is 0.353. The maximum atomic E-state index is 12.3. The van der Waals surface area contributed by atoms with Crippen LogP contribution < -0.4 is 11.1 Å². The third-order valence-electron chi connectivity index (χ3n) is 3.52. The van der Waals surface area contributed by atoms with Gasteiger partial charge in [-0.15, -0.1) is 0 Å². The molecule has 0 radical (unpaired) electrons. The number of benzene rings is 1. The minimum absolute atomic E-state index is 0.175. The molecule has 0 saturated heterocycles. The van der Waals surface area contributed by atoms with Gasteiger partial charge in [-0.1, -0.05) is 38.1 Å². The van der Waals surface area contributed by atoms with Crippen molar-refractivity contribution in [2.75, 3.05) is 12.3 Å². The van der Waals surface area contributed by atoms with Crippen LogP contribution in [0.25, 0.3) is 11.3 Å². The lowest BCUT2D eigenvalue weighted by atomic mass is 9.98. The second kappa shape index (κ2) is 6.56. The summed E-state index contributed by atoms with van der Waals surface area (Å²) in [6, 6.07) is 8.04. The summed E-state index contributed by atoms with van der Waals surface area (Å²) in [5.41, 5.74) is 9.51. The summed E-state index contributed by atoms with van der Waals surface area (Å²) in [6.45, 7) is 8.48. The number of aryl methyl sites for hydroxylation is 1. The number of nitrogen functional groups attached to an aromatic ring is 1. The van der Waals surface area contributed by atoms with Crippen molar-refractivity contribution in [2.24, 2.45) is 0 Å². The lowest BCUT2D eigenvalue weighted by molar-refractivity contribution is 0.0955. The smallest absolute Gasteiger partial charge is 0.255 e. The Labute approximate surface area is 131 Å². The number of anilines is 1. The first kappa shape index (κ1) is 15.9. The average Bonchev–Trinajstić information content (AvgIpc) is 2.46. The van der Waals surface area contributed by atoms with Gasteiger partial charge in [-0.25, -0.2) is 9.97 Å². The molecule has 0 spiro atoms. The van der Waals surface area contributed by atoms with E-state index < -0.39 is 0 Å². The summed E-state index contributed by atoms with van der Waals surface area (Å²) in [6.07, 6.45) is 0. The highest BCUT2D eigenvalue weighted by Gasteiger charge is 2.19. The number of carbonyl (C=O) groups excluding carboxylic acids is 1. The first-order chi connectivity index (χ1) is 10.4. The Morgan fingerprint density at radius 3 is 2.41 bits per heavy atom. The van der Waals surface area contributed by atoms with Crippen LogP contribution in [-0.4, -0.2) is 22.4 Å². The van der Waals surface area contributed by atoms with Crippen LogP contribution in [0.3, 0.4) is 0 Å². The van der Waals surface area contributed by atoms with E-state index in [0.29, 0.717) is 29.4 Å². The van der Waals surface area contributed by atoms with Gasteiger partial charge >= 0.3 is 0 Å². The van der Waals surface area contributed by atoms with E-state index in [9.17, 15) is 4.79 Å². The van der Waals surface area contributed by atoms with Crippen molar-refractivity contribution < 1.29 is 4.79 Å². The molecule has 2 rings (SSSR count). The van der Waals surface area contributed by atoms with Gasteiger partial charge in [0, 0.05) is 12.1 Å². The number of amides is 1. The Hall–Kier alpha value is -2.43. The molecule has 116 valence electrons. The van der Waals surface area contributed by atoms with E-state index >= 15 is 0 Å². The summed E-state index contributed by atoms with van der Waals surface area (Å²) in [5.74, 6) is 0.450. The summed E-state index contributed by atoms with van der Waals surface area (Å²) < 4.78 is 0. The Morgan fingerprint density at radius 2 is 1.86 bits per heavy atom. The molecular formula is C17H22N4O. The molecule has 0 bridgehead atoms. The zero-order valence-electron chi connectivity index (χ0n) is 13.5. The molecule has 1 aromatic heterocycles. The lowest BCUT2D eigenvalue weighted by Crippen LogP contribution is -2.25. The lowest BCUT2D eigenvalue weighted by Gasteiger charge is -2.13. The Bertz CT molecular complexity index is 678. The molecule has 22 heavy (non-hydrogen) atoms. The maximum Gasteiger partial charge on any atom is 0.255 e. The molecule has 0 unspecified atom stereocenters. The third-order valence-corrected chi connectivity index (χ3v) is 3.52. The number of nitrogens with two attached hydrogens (primary N) is 1. The van der Waals surface area contributed by atoms with E-state index in [2.05, 4.69) is 41.3 Å². The summed E-state index contributed by atoms with van der Waals surface area (Å²) in [7, 11) is 0. The van der Waals surface area contributed by atoms with Crippen LogP contribution >= 0.6 is 0 Å². The van der Waals surface area contributed by atoms with Crippen molar-refractivity contribution in [3.63, 3.8) is 0 Å². The average molecular weight is 298 g/mol. The molecule has 1 aromatic carbocycles. The van der Waals surface area contributed by atoms with Crippen LogP contribution in [0.15, 0.2) is 24.3 Å². The van der Waals surface area contributed by atoms with E-state index in [1.807, 2.05) is 19.1 Å². The van der Waals surface area contributed by atoms with Gasteiger partial charge in [0.25, 0.3) is 5.91 Å². The van der Waals surface area contributed by atoms with Crippen LogP contribution in [0.5, 0.6) is 0 Å². The normalized spacial score (nSPS) is 10.8. The second-order valence-corrected chi connectivity index (χ2v) is 5.53. The fourth-order valence-electron chi connectivity index (χ4n) is 2.35. The van der Waals surface area contributed by atoms with E-state index in [-0.39, 0.29) is 11.9 Å². The fourth-order valence-corrected chi connectivity index (χ4v) is 2.35. The summed E-state index contributed by atoms with van der Waals surface area (Å²) in [5, 5.41) is 2.80. The molecule has 1 amide bonds. The monoisotopic (exact) mass is 298 g/mol. The van der Waals surface area contributed by atoms with Crippen molar-refractivity contribution in [3.05, 3.63) is 41.1 Å². The molecule has 0 saturated carbocycles. The van der Waals surface area contributed by atoms with Crippen molar-refractivity contribution in [2.45, 2.75) is 33.6 Å². The standard InChI is InChI=1S/C17H22N4O/c1-5-19-16(22)14-11(4)20-17(18)21-15(14)13-8-6-12(7-9-13)10(2)3/h6-10H,5H2,1-4H3,(H,19,22)(H2,18,20,21). The molecule has 0 fully saturated rings. The largest absolute Gasteiger partial charge is 0.368 e. The van der Waals surface area contributed by atoms with E-state index in [1.54, 1.807) is 6.92 Å². The molecule has 1 heterocycles. The topological polar surface area (TPSA) is 80.9 Å². The Morgan fingerprint density at radius 1 is 1.23 bits per heavy atom. The molecule has 0 aliphatic heterocycles. The molecule has 0 aliphatic carbocycles.